The molecule has 17 heavy (non-hydrogen) atoms. The van der Waals surface area contributed by atoms with Crippen LogP contribution in [0.2, 0.25) is 0 Å². The van der Waals surface area contributed by atoms with Gasteiger partial charge in [0.2, 0.25) is 0 Å². The number of hydrogen-bond donors (Lipinski definition) is 1. The van der Waals surface area contributed by atoms with Crippen LogP contribution in [-0.2, 0) is 26.7 Å². The molecule has 1 aromatic rings. The molecule has 0 spiro atoms. The highest BCUT2D eigenvalue weighted by atomic mass is 32.2. The minimum atomic E-state index is -2.85. The van der Waals surface area contributed by atoms with Gasteiger partial charge in [0.1, 0.15) is 17.6 Å². The smallest absolute Gasteiger partial charge is 0.351 e. The molecule has 2 atom stereocenters. The summed E-state index contributed by atoms with van der Waals surface area (Å²) in [6, 6.07) is 6.24. The third-order valence-electron chi connectivity index (χ3n) is 2.07. The first-order valence-corrected chi connectivity index (χ1v) is 5.72. The van der Waals surface area contributed by atoms with E-state index in [9.17, 15) is 13.6 Å². The minimum absolute atomic E-state index is 0.156. The Morgan fingerprint density at radius 2 is 2.06 bits per heavy atom. The summed E-state index contributed by atoms with van der Waals surface area (Å²) in [6.45, 7) is 0. The maximum absolute atomic E-state index is 11.2. The van der Waals surface area contributed by atoms with Gasteiger partial charge < -0.3 is 19.2 Å². The first kappa shape index (κ1) is 13.8. The highest BCUT2D eigenvalue weighted by Crippen LogP contribution is 2.08. The van der Waals surface area contributed by atoms with Crippen molar-refractivity contribution < 1.29 is 22.5 Å². The Hall–Kier alpha value is -1.28. The molecule has 0 saturated heterocycles. The predicted molar refractivity (Wildman–Crippen MR) is 59.5 cm³/mol. The van der Waals surface area contributed by atoms with Crippen LogP contribution in [0.15, 0.2) is 24.3 Å². The molecule has 0 bridgehead atoms. The van der Waals surface area contributed by atoms with Crippen LogP contribution in [0.5, 0.6) is 0 Å². The van der Waals surface area contributed by atoms with Crippen LogP contribution < -0.4 is 5.73 Å². The van der Waals surface area contributed by atoms with Crippen LogP contribution in [0, 0.1) is 0 Å². The fourth-order valence-corrected chi connectivity index (χ4v) is 1.42. The van der Waals surface area contributed by atoms with Gasteiger partial charge in [-0.1, -0.05) is 12.1 Å². The molecule has 0 amide bonds. The second-order valence-corrected chi connectivity index (χ2v) is 3.83. The quantitative estimate of drug-likeness (QED) is 0.594. The van der Waals surface area contributed by atoms with Crippen molar-refractivity contribution in [3.8, 4) is 0 Å². The summed E-state index contributed by atoms with van der Waals surface area (Å²) in [5.74, 6) is -0.916. The zero-order valence-electron chi connectivity index (χ0n) is 9.12. The molecule has 6 nitrogen and oxygen atoms in total. The van der Waals surface area contributed by atoms with Gasteiger partial charge in [-0.25, -0.2) is 9.00 Å². The molecule has 7 heteroatoms. The van der Waals surface area contributed by atoms with E-state index in [-0.39, 0.29) is 5.56 Å². The lowest BCUT2D eigenvalue weighted by Crippen LogP contribution is -2.24. The Morgan fingerprint density at radius 3 is 2.53 bits per heavy atom. The van der Waals surface area contributed by atoms with E-state index in [1.807, 2.05) is 0 Å². The van der Waals surface area contributed by atoms with Crippen molar-refractivity contribution in [2.45, 2.75) is 12.6 Å². The van der Waals surface area contributed by atoms with Gasteiger partial charge in [-0.2, -0.15) is 0 Å². The van der Waals surface area contributed by atoms with Crippen molar-refractivity contribution in [2.75, 3.05) is 7.11 Å². The SMILES string of the molecule is COC(N)Cc1ccc(C(=O)OS(=O)[O-])cc1. The summed E-state index contributed by atoms with van der Waals surface area (Å²) in [6.07, 6.45) is 0.0845. The van der Waals surface area contributed by atoms with Crippen molar-refractivity contribution in [1.82, 2.24) is 0 Å². The molecule has 0 aromatic heterocycles. The molecule has 1 rings (SSSR count). The third kappa shape index (κ3) is 4.61. The van der Waals surface area contributed by atoms with Gasteiger partial charge in [0, 0.05) is 13.5 Å². The molecule has 0 aliphatic rings. The minimum Gasteiger partial charge on any atom is -0.740 e. The van der Waals surface area contributed by atoms with Crippen molar-refractivity contribution in [2.24, 2.45) is 5.73 Å². The monoisotopic (exact) mass is 258 g/mol. The topological polar surface area (TPSA) is 102 Å². The summed E-state index contributed by atoms with van der Waals surface area (Å²) < 4.78 is 29.2. The van der Waals surface area contributed by atoms with Gasteiger partial charge in [-0.05, 0) is 17.7 Å². The van der Waals surface area contributed by atoms with Crippen LogP contribution in [0.1, 0.15) is 15.9 Å². The summed E-state index contributed by atoms with van der Waals surface area (Å²) >= 11 is -2.85. The van der Waals surface area contributed by atoms with Crippen LogP contribution in [0.3, 0.4) is 0 Å². The molecular weight excluding hydrogens is 246 g/mol. The molecule has 2 unspecified atom stereocenters. The maximum Gasteiger partial charge on any atom is 0.351 e. The molecule has 1 aromatic carbocycles. The van der Waals surface area contributed by atoms with E-state index in [0.29, 0.717) is 6.42 Å². The van der Waals surface area contributed by atoms with E-state index in [2.05, 4.69) is 4.18 Å². The predicted octanol–water partition coefficient (Wildman–Crippen LogP) is 0.111. The van der Waals surface area contributed by atoms with Crippen molar-refractivity contribution in [1.29, 1.82) is 0 Å². The summed E-state index contributed by atoms with van der Waals surface area (Å²) in [7, 11) is 1.50. The van der Waals surface area contributed by atoms with Gasteiger partial charge in [-0.15, -0.1) is 0 Å². The molecule has 94 valence electrons. The molecule has 2 N–H and O–H groups in total. The molecule has 0 saturated carbocycles. The van der Waals surface area contributed by atoms with Crippen LogP contribution in [0.4, 0.5) is 0 Å². The van der Waals surface area contributed by atoms with E-state index in [0.717, 1.165) is 5.56 Å². The second kappa shape index (κ2) is 6.45. The Morgan fingerprint density at radius 1 is 1.47 bits per heavy atom. The van der Waals surface area contributed by atoms with Crippen LogP contribution >= 0.6 is 0 Å². The maximum atomic E-state index is 11.2. The molecule has 0 aliphatic carbocycles. The molecule has 0 fully saturated rings. The second-order valence-electron chi connectivity index (χ2n) is 3.25. The number of nitrogens with two attached hydrogens (primary N) is 1. The molecular formula is C10H12NO5S-. The van der Waals surface area contributed by atoms with Gasteiger partial charge in [-0.3, -0.25) is 0 Å². The Labute approximate surface area is 101 Å². The van der Waals surface area contributed by atoms with E-state index >= 15 is 0 Å². The Kier molecular flexibility index (Phi) is 5.23. The largest absolute Gasteiger partial charge is 0.740 e. The number of hydrogen-bond acceptors (Lipinski definition) is 6. The zero-order chi connectivity index (χ0) is 12.8. The van der Waals surface area contributed by atoms with Crippen molar-refractivity contribution in [3.05, 3.63) is 35.4 Å². The zero-order valence-corrected chi connectivity index (χ0v) is 9.94. The van der Waals surface area contributed by atoms with E-state index in [1.165, 1.54) is 19.2 Å². The van der Waals surface area contributed by atoms with Crippen molar-refractivity contribution in [3.63, 3.8) is 0 Å². The average Bonchev–Trinajstić information content (AvgIpc) is 2.28. The van der Waals surface area contributed by atoms with Crippen LogP contribution in [0.25, 0.3) is 0 Å². The fraction of sp³-hybridized carbons (Fsp3) is 0.300. The molecule has 0 radical (unpaired) electrons. The van der Waals surface area contributed by atoms with Gasteiger partial charge in [0.15, 0.2) is 0 Å². The third-order valence-corrected chi connectivity index (χ3v) is 2.36. The number of benzene rings is 1. The lowest BCUT2D eigenvalue weighted by atomic mass is 10.1. The standard InChI is InChI=1S/C10H13NO5S/c1-15-9(11)6-7-2-4-8(5-3-7)10(12)16-17(13)14/h2-5,9H,6,11H2,1H3,(H,13,14)/p-1. The van der Waals surface area contributed by atoms with E-state index in [4.69, 9.17) is 10.5 Å². The molecule has 0 aliphatic heterocycles. The summed E-state index contributed by atoms with van der Waals surface area (Å²) in [5, 5.41) is 0. The number of carbonyl (C=O) groups excluding carboxylic acids is 1. The molecule has 0 heterocycles. The number of methoxy groups -OCH3 is 1. The first-order chi connectivity index (χ1) is 8.02. The van der Waals surface area contributed by atoms with Gasteiger partial charge in [0.05, 0.1) is 5.56 Å². The number of ether oxygens (including phenoxy) is 1. The normalized spacial score (nSPS) is 14.1. The highest BCUT2D eigenvalue weighted by molar-refractivity contribution is 7.74. The Balaban J connectivity index is 2.67. The summed E-state index contributed by atoms with van der Waals surface area (Å²) in [4.78, 5) is 11.2. The van der Waals surface area contributed by atoms with Gasteiger partial charge >= 0.3 is 5.97 Å². The lowest BCUT2D eigenvalue weighted by molar-refractivity contribution is 0.0742. The van der Waals surface area contributed by atoms with E-state index in [1.54, 1.807) is 12.1 Å². The first-order valence-electron chi connectivity index (χ1n) is 4.72. The fourth-order valence-electron chi connectivity index (χ4n) is 1.20. The van der Waals surface area contributed by atoms with E-state index < -0.39 is 23.6 Å². The Bertz CT molecular complexity index is 406. The van der Waals surface area contributed by atoms with Crippen molar-refractivity contribution >= 4 is 17.3 Å². The summed E-state index contributed by atoms with van der Waals surface area (Å²) in [5.41, 5.74) is 6.60. The average molecular weight is 258 g/mol. The number of carbonyl (C=O) groups is 1. The highest BCUT2D eigenvalue weighted by Gasteiger charge is 2.08. The lowest BCUT2D eigenvalue weighted by Gasteiger charge is -2.10. The number of rotatable bonds is 5. The van der Waals surface area contributed by atoms with Crippen LogP contribution in [-0.4, -0.2) is 28.1 Å². The van der Waals surface area contributed by atoms with Gasteiger partial charge in [0.25, 0.3) is 0 Å².